The van der Waals surface area contributed by atoms with Crippen molar-refractivity contribution in [3.63, 3.8) is 0 Å². The Hall–Kier alpha value is -0.140. The van der Waals surface area contributed by atoms with E-state index in [1.165, 1.54) is 0 Å². The van der Waals surface area contributed by atoms with E-state index in [2.05, 4.69) is 0 Å². The van der Waals surface area contributed by atoms with E-state index in [0.717, 1.165) is 6.42 Å². The predicted octanol–water partition coefficient (Wildman–Crippen LogP) is 2.73. The molecular formula is C7H14F2. The molecule has 0 atom stereocenters. The Balaban J connectivity index is 3.18. The average molecular weight is 136 g/mol. The molecule has 0 N–H and O–H groups in total. The number of alkyl halides is 2. The lowest BCUT2D eigenvalue weighted by Gasteiger charge is -2.08. The molecule has 0 saturated heterocycles. The summed E-state index contributed by atoms with van der Waals surface area (Å²) in [5.41, 5.74) is 0. The fourth-order valence-corrected chi connectivity index (χ4v) is 0.861. The largest absolute Gasteiger partial charge is 0.251 e. The van der Waals surface area contributed by atoms with Crippen LogP contribution in [0, 0.1) is 5.92 Å². The lowest BCUT2D eigenvalue weighted by molar-refractivity contribution is 0.326. The van der Waals surface area contributed by atoms with Crippen LogP contribution < -0.4 is 0 Å². The van der Waals surface area contributed by atoms with Crippen LogP contribution in [0.4, 0.5) is 8.78 Å². The molecule has 0 nitrogen and oxygen atoms in total. The third-order valence-electron chi connectivity index (χ3n) is 1.61. The summed E-state index contributed by atoms with van der Waals surface area (Å²) in [6, 6.07) is 0. The van der Waals surface area contributed by atoms with Crippen LogP contribution in [0.3, 0.4) is 0 Å². The van der Waals surface area contributed by atoms with E-state index < -0.39 is 0 Å². The molecule has 0 radical (unpaired) electrons. The SMILES string of the molecule is CCC(CCF)CCF. The minimum atomic E-state index is -0.307. The van der Waals surface area contributed by atoms with Gasteiger partial charge in [-0.05, 0) is 18.8 Å². The Morgan fingerprint density at radius 1 is 1.11 bits per heavy atom. The second-order valence-electron chi connectivity index (χ2n) is 2.23. The highest BCUT2D eigenvalue weighted by Gasteiger charge is 2.03. The molecule has 9 heavy (non-hydrogen) atoms. The molecular weight excluding hydrogens is 122 g/mol. The van der Waals surface area contributed by atoms with Crippen LogP contribution in [0.5, 0.6) is 0 Å². The summed E-state index contributed by atoms with van der Waals surface area (Å²) in [7, 11) is 0. The molecule has 0 amide bonds. The van der Waals surface area contributed by atoms with Crippen LogP contribution in [0.1, 0.15) is 26.2 Å². The second kappa shape index (κ2) is 5.99. The van der Waals surface area contributed by atoms with E-state index in [0.29, 0.717) is 12.8 Å². The van der Waals surface area contributed by atoms with Crippen molar-refractivity contribution in [2.45, 2.75) is 26.2 Å². The maximum Gasteiger partial charge on any atom is 0.0897 e. The Morgan fingerprint density at radius 3 is 1.78 bits per heavy atom. The number of rotatable bonds is 5. The second-order valence-corrected chi connectivity index (χ2v) is 2.23. The average Bonchev–Trinajstić information content (AvgIpc) is 1.88. The minimum absolute atomic E-state index is 0.264. The summed E-state index contributed by atoms with van der Waals surface area (Å²) in [5.74, 6) is 0.264. The van der Waals surface area contributed by atoms with Crippen molar-refractivity contribution in [1.82, 2.24) is 0 Å². The van der Waals surface area contributed by atoms with Gasteiger partial charge in [0.1, 0.15) is 0 Å². The molecule has 0 heterocycles. The van der Waals surface area contributed by atoms with Gasteiger partial charge in [0, 0.05) is 0 Å². The molecule has 0 fully saturated rings. The molecule has 0 aliphatic heterocycles. The summed E-state index contributed by atoms with van der Waals surface area (Å²) in [4.78, 5) is 0. The normalized spacial score (nSPS) is 10.7. The fourth-order valence-electron chi connectivity index (χ4n) is 0.861. The summed E-state index contributed by atoms with van der Waals surface area (Å²) >= 11 is 0. The van der Waals surface area contributed by atoms with E-state index in [1.54, 1.807) is 0 Å². The molecule has 0 unspecified atom stereocenters. The zero-order chi connectivity index (χ0) is 7.11. The van der Waals surface area contributed by atoms with Gasteiger partial charge in [0.25, 0.3) is 0 Å². The molecule has 0 aromatic rings. The van der Waals surface area contributed by atoms with Crippen molar-refractivity contribution >= 4 is 0 Å². The third-order valence-corrected chi connectivity index (χ3v) is 1.61. The van der Waals surface area contributed by atoms with Gasteiger partial charge in [0.15, 0.2) is 0 Å². The highest BCUT2D eigenvalue weighted by atomic mass is 19.1. The molecule has 56 valence electrons. The molecule has 0 spiro atoms. The molecule has 2 heteroatoms. The first-order valence-corrected chi connectivity index (χ1v) is 3.47. The molecule has 0 aliphatic rings. The van der Waals surface area contributed by atoms with Crippen LogP contribution in [0.15, 0.2) is 0 Å². The molecule has 0 rings (SSSR count). The first-order chi connectivity index (χ1) is 4.35. The highest BCUT2D eigenvalue weighted by molar-refractivity contribution is 4.54. The van der Waals surface area contributed by atoms with Crippen LogP contribution in [-0.4, -0.2) is 13.3 Å². The number of hydrogen-bond donors (Lipinski definition) is 0. The first-order valence-electron chi connectivity index (χ1n) is 3.47. The zero-order valence-electron chi connectivity index (χ0n) is 5.87. The van der Waals surface area contributed by atoms with Crippen molar-refractivity contribution < 1.29 is 8.78 Å². The van der Waals surface area contributed by atoms with Crippen molar-refractivity contribution in [2.75, 3.05) is 13.3 Å². The standard InChI is InChI=1S/C7H14F2/c1-2-7(3-5-8)4-6-9/h7H,2-6H2,1H3. The Morgan fingerprint density at radius 2 is 1.56 bits per heavy atom. The van der Waals surface area contributed by atoms with Gasteiger partial charge in [0.05, 0.1) is 13.3 Å². The van der Waals surface area contributed by atoms with E-state index in [-0.39, 0.29) is 19.3 Å². The Bertz CT molecular complexity index is 48.9. The van der Waals surface area contributed by atoms with Crippen LogP contribution in [0.25, 0.3) is 0 Å². The summed E-state index contributed by atoms with van der Waals surface area (Å²) in [5, 5.41) is 0. The van der Waals surface area contributed by atoms with Crippen molar-refractivity contribution in [1.29, 1.82) is 0 Å². The van der Waals surface area contributed by atoms with E-state index in [9.17, 15) is 8.78 Å². The van der Waals surface area contributed by atoms with E-state index in [1.807, 2.05) is 6.92 Å². The van der Waals surface area contributed by atoms with E-state index >= 15 is 0 Å². The zero-order valence-corrected chi connectivity index (χ0v) is 5.87. The van der Waals surface area contributed by atoms with Crippen molar-refractivity contribution in [3.05, 3.63) is 0 Å². The minimum Gasteiger partial charge on any atom is -0.251 e. The summed E-state index contributed by atoms with van der Waals surface area (Å²) in [6.45, 7) is 1.35. The van der Waals surface area contributed by atoms with Gasteiger partial charge in [-0.15, -0.1) is 0 Å². The first kappa shape index (κ1) is 8.86. The van der Waals surface area contributed by atoms with Gasteiger partial charge >= 0.3 is 0 Å². The molecule has 0 saturated carbocycles. The van der Waals surface area contributed by atoms with Gasteiger partial charge in [-0.3, -0.25) is 8.78 Å². The number of halogens is 2. The topological polar surface area (TPSA) is 0 Å². The fraction of sp³-hybridized carbons (Fsp3) is 1.00. The lowest BCUT2D eigenvalue weighted by Crippen LogP contribution is -2.00. The Labute approximate surface area is 55.3 Å². The summed E-state index contributed by atoms with van der Waals surface area (Å²) < 4.78 is 23.3. The quantitative estimate of drug-likeness (QED) is 0.545. The molecule has 0 aliphatic carbocycles. The van der Waals surface area contributed by atoms with E-state index in [4.69, 9.17) is 0 Å². The van der Waals surface area contributed by atoms with Gasteiger partial charge in [-0.25, -0.2) is 0 Å². The van der Waals surface area contributed by atoms with Crippen LogP contribution in [0.2, 0.25) is 0 Å². The van der Waals surface area contributed by atoms with Crippen molar-refractivity contribution in [3.8, 4) is 0 Å². The Kier molecular flexibility index (Phi) is 5.89. The monoisotopic (exact) mass is 136 g/mol. The smallest absolute Gasteiger partial charge is 0.0897 e. The highest BCUT2D eigenvalue weighted by Crippen LogP contribution is 2.12. The van der Waals surface area contributed by atoms with Gasteiger partial charge in [0.2, 0.25) is 0 Å². The van der Waals surface area contributed by atoms with Crippen molar-refractivity contribution in [2.24, 2.45) is 5.92 Å². The molecule has 0 aromatic heterocycles. The van der Waals surface area contributed by atoms with Gasteiger partial charge < -0.3 is 0 Å². The maximum atomic E-state index is 11.6. The number of hydrogen-bond acceptors (Lipinski definition) is 0. The maximum absolute atomic E-state index is 11.6. The third kappa shape index (κ3) is 4.37. The van der Waals surface area contributed by atoms with Crippen LogP contribution in [-0.2, 0) is 0 Å². The van der Waals surface area contributed by atoms with Crippen LogP contribution >= 0.6 is 0 Å². The molecule has 0 aromatic carbocycles. The lowest BCUT2D eigenvalue weighted by atomic mass is 10.0. The molecule has 0 bridgehead atoms. The van der Waals surface area contributed by atoms with Gasteiger partial charge in [-0.2, -0.15) is 0 Å². The predicted molar refractivity (Wildman–Crippen MR) is 35.0 cm³/mol. The van der Waals surface area contributed by atoms with Gasteiger partial charge in [-0.1, -0.05) is 13.3 Å². The summed E-state index contributed by atoms with van der Waals surface area (Å²) in [6.07, 6.45) is 1.95.